The van der Waals surface area contributed by atoms with Gasteiger partial charge in [-0.15, -0.1) is 0 Å². The molecule has 1 N–H and O–H groups in total. The van der Waals surface area contributed by atoms with Crippen LogP contribution in [0.3, 0.4) is 0 Å². The Hall–Kier alpha value is -0.390. The zero-order valence-corrected chi connectivity index (χ0v) is 8.83. The van der Waals surface area contributed by atoms with E-state index in [1.165, 1.54) is 0 Å². The highest BCUT2D eigenvalue weighted by molar-refractivity contribution is 9.09. The highest BCUT2D eigenvalue weighted by Crippen LogP contribution is 1.91. The van der Waals surface area contributed by atoms with Gasteiger partial charge in [0.15, 0.2) is 0 Å². The van der Waals surface area contributed by atoms with Crippen molar-refractivity contribution in [2.75, 3.05) is 25.2 Å². The molecule has 1 atom stereocenters. The summed E-state index contributed by atoms with van der Waals surface area (Å²) in [6, 6.07) is 0. The van der Waals surface area contributed by atoms with Crippen LogP contribution in [0.25, 0.3) is 0 Å². The van der Waals surface area contributed by atoms with Gasteiger partial charge in [0.05, 0.1) is 19.3 Å². The van der Waals surface area contributed by atoms with Crippen molar-refractivity contribution in [1.29, 1.82) is 0 Å². The molecule has 0 aromatic rings. The van der Waals surface area contributed by atoms with Gasteiger partial charge in [-0.1, -0.05) is 22.5 Å². The third kappa shape index (κ3) is 7.95. The van der Waals surface area contributed by atoms with E-state index >= 15 is 0 Å². The monoisotopic (exact) mass is 252 g/mol. The van der Waals surface area contributed by atoms with Crippen LogP contribution in [0, 0.1) is 0 Å². The molecule has 5 heteroatoms. The first-order valence-electron chi connectivity index (χ1n) is 3.81. The maximum Gasteiger partial charge on any atom is 0.330 e. The summed E-state index contributed by atoms with van der Waals surface area (Å²) in [4.78, 5) is 10.5. The Morgan fingerprint density at radius 1 is 1.62 bits per heavy atom. The number of aliphatic hydroxyl groups is 1. The predicted molar refractivity (Wildman–Crippen MR) is 51.8 cm³/mol. The zero-order chi connectivity index (χ0) is 10.1. The quantitative estimate of drug-likeness (QED) is 0.310. The molecular weight excluding hydrogens is 240 g/mol. The van der Waals surface area contributed by atoms with E-state index in [4.69, 9.17) is 9.84 Å². The largest absolute Gasteiger partial charge is 0.460 e. The lowest BCUT2D eigenvalue weighted by Gasteiger charge is -2.07. The summed E-state index contributed by atoms with van der Waals surface area (Å²) in [5, 5.41) is 9.49. The average molecular weight is 253 g/mol. The van der Waals surface area contributed by atoms with Crippen LogP contribution in [0.2, 0.25) is 0 Å². The molecule has 0 radical (unpaired) electrons. The molecule has 0 aliphatic heterocycles. The van der Waals surface area contributed by atoms with E-state index in [1.807, 2.05) is 0 Å². The van der Waals surface area contributed by atoms with Gasteiger partial charge in [-0.2, -0.15) is 0 Å². The number of aliphatic hydroxyl groups excluding tert-OH is 1. The second kappa shape index (κ2) is 8.22. The van der Waals surface area contributed by atoms with Crippen molar-refractivity contribution in [2.24, 2.45) is 0 Å². The van der Waals surface area contributed by atoms with Gasteiger partial charge in [-0.3, -0.25) is 0 Å². The van der Waals surface area contributed by atoms with Crippen molar-refractivity contribution in [3.05, 3.63) is 12.7 Å². The van der Waals surface area contributed by atoms with Gasteiger partial charge in [-0.25, -0.2) is 4.79 Å². The topological polar surface area (TPSA) is 55.8 Å². The minimum absolute atomic E-state index is 0.180. The van der Waals surface area contributed by atoms with Crippen LogP contribution < -0.4 is 0 Å². The standard InChI is InChI=1S/C8H13BrO4/c1-2-8(11)13-4-3-12-6-7(10)5-9/h2,7,10H,1,3-6H2. The molecule has 13 heavy (non-hydrogen) atoms. The number of carbonyl (C=O) groups excluding carboxylic acids is 1. The van der Waals surface area contributed by atoms with Crippen LogP contribution >= 0.6 is 15.9 Å². The molecule has 0 aromatic heterocycles. The summed E-state index contributed by atoms with van der Waals surface area (Å²) in [7, 11) is 0. The lowest BCUT2D eigenvalue weighted by molar-refractivity contribution is -0.139. The van der Waals surface area contributed by atoms with Crippen LogP contribution in [-0.2, 0) is 14.3 Å². The van der Waals surface area contributed by atoms with Crippen LogP contribution in [0.5, 0.6) is 0 Å². The van der Waals surface area contributed by atoms with E-state index in [-0.39, 0.29) is 19.8 Å². The van der Waals surface area contributed by atoms with Crippen molar-refractivity contribution in [2.45, 2.75) is 6.10 Å². The summed E-state index contributed by atoms with van der Waals surface area (Å²) < 4.78 is 9.62. The molecule has 0 aromatic carbocycles. The number of halogens is 1. The Morgan fingerprint density at radius 2 is 2.31 bits per heavy atom. The maximum atomic E-state index is 10.5. The van der Waals surface area contributed by atoms with E-state index in [9.17, 15) is 4.79 Å². The molecule has 0 aliphatic carbocycles. The van der Waals surface area contributed by atoms with E-state index < -0.39 is 12.1 Å². The minimum atomic E-state index is -0.518. The van der Waals surface area contributed by atoms with E-state index in [1.54, 1.807) is 0 Å². The second-order valence-corrected chi connectivity index (χ2v) is 2.90. The van der Waals surface area contributed by atoms with Crippen LogP contribution in [-0.4, -0.2) is 42.3 Å². The molecule has 0 spiro atoms. The van der Waals surface area contributed by atoms with Gasteiger partial charge in [0, 0.05) is 11.4 Å². The average Bonchev–Trinajstić information content (AvgIpc) is 2.16. The van der Waals surface area contributed by atoms with E-state index in [2.05, 4.69) is 27.2 Å². The lowest BCUT2D eigenvalue weighted by atomic mass is 10.4. The van der Waals surface area contributed by atoms with Crippen LogP contribution in [0.1, 0.15) is 0 Å². The van der Waals surface area contributed by atoms with Crippen molar-refractivity contribution >= 4 is 21.9 Å². The highest BCUT2D eigenvalue weighted by atomic mass is 79.9. The molecule has 0 saturated carbocycles. The Balaban J connectivity index is 3.17. The first-order chi connectivity index (χ1) is 6.20. The summed E-state index contributed by atoms with van der Waals surface area (Å²) in [5.74, 6) is -0.468. The van der Waals surface area contributed by atoms with Crippen molar-refractivity contribution in [3.8, 4) is 0 Å². The predicted octanol–water partition coefficient (Wildman–Crippen LogP) is 0.488. The lowest BCUT2D eigenvalue weighted by Crippen LogP contribution is -2.18. The Labute approximate surface area is 85.7 Å². The van der Waals surface area contributed by atoms with Crippen LogP contribution in [0.4, 0.5) is 0 Å². The molecule has 0 amide bonds. The van der Waals surface area contributed by atoms with Crippen molar-refractivity contribution in [1.82, 2.24) is 0 Å². The highest BCUT2D eigenvalue weighted by Gasteiger charge is 2.01. The fraction of sp³-hybridized carbons (Fsp3) is 0.625. The fourth-order valence-electron chi connectivity index (χ4n) is 0.524. The van der Waals surface area contributed by atoms with Gasteiger partial charge in [0.25, 0.3) is 0 Å². The summed E-state index contributed by atoms with van der Waals surface area (Å²) >= 11 is 3.09. The first kappa shape index (κ1) is 12.6. The number of ether oxygens (including phenoxy) is 2. The zero-order valence-electron chi connectivity index (χ0n) is 7.24. The summed E-state index contributed by atoms with van der Waals surface area (Å²) in [5.41, 5.74) is 0. The van der Waals surface area contributed by atoms with Gasteiger partial charge in [0.1, 0.15) is 6.61 Å². The molecule has 0 rings (SSSR count). The molecule has 1 unspecified atom stereocenters. The van der Waals surface area contributed by atoms with Crippen molar-refractivity contribution < 1.29 is 19.4 Å². The molecule has 0 bridgehead atoms. The molecule has 0 saturated heterocycles. The number of rotatable bonds is 7. The first-order valence-corrected chi connectivity index (χ1v) is 4.93. The number of carbonyl (C=O) groups is 1. The molecule has 0 heterocycles. The molecular formula is C8H13BrO4. The van der Waals surface area contributed by atoms with Gasteiger partial charge >= 0.3 is 5.97 Å². The summed E-state index contributed by atoms with van der Waals surface area (Å²) in [6.45, 7) is 3.93. The molecule has 4 nitrogen and oxygen atoms in total. The number of alkyl halides is 1. The smallest absolute Gasteiger partial charge is 0.330 e. The van der Waals surface area contributed by atoms with Crippen molar-refractivity contribution in [3.63, 3.8) is 0 Å². The Kier molecular flexibility index (Phi) is 7.97. The van der Waals surface area contributed by atoms with E-state index in [0.717, 1.165) is 6.08 Å². The van der Waals surface area contributed by atoms with Crippen LogP contribution in [0.15, 0.2) is 12.7 Å². The van der Waals surface area contributed by atoms with Gasteiger partial charge in [0.2, 0.25) is 0 Å². The normalized spacial score (nSPS) is 12.2. The minimum Gasteiger partial charge on any atom is -0.460 e. The number of hydrogen-bond acceptors (Lipinski definition) is 4. The Bertz CT molecular complexity index is 160. The molecule has 0 aliphatic rings. The second-order valence-electron chi connectivity index (χ2n) is 2.25. The molecule has 0 fully saturated rings. The fourth-order valence-corrected chi connectivity index (χ4v) is 0.711. The SMILES string of the molecule is C=CC(=O)OCCOCC(O)CBr. The van der Waals surface area contributed by atoms with Gasteiger partial charge in [-0.05, 0) is 0 Å². The Morgan fingerprint density at radius 3 is 2.85 bits per heavy atom. The third-order valence-electron chi connectivity index (χ3n) is 1.13. The summed E-state index contributed by atoms with van der Waals surface area (Å²) in [6.07, 6.45) is 0.572. The van der Waals surface area contributed by atoms with E-state index in [0.29, 0.717) is 5.33 Å². The number of hydrogen-bond donors (Lipinski definition) is 1. The van der Waals surface area contributed by atoms with Gasteiger partial charge < -0.3 is 14.6 Å². The number of esters is 1. The maximum absolute atomic E-state index is 10.5. The molecule has 76 valence electrons. The third-order valence-corrected chi connectivity index (χ3v) is 1.87.